The summed E-state index contributed by atoms with van der Waals surface area (Å²) in [5, 5.41) is 21.7. The SMILES string of the molecule is N#C/C(=C\C1CC1)C(=O)Cc1ccc2ncnc(Nc3cccc(Br)c3)c2c1.Nc1ccc2ncnc(Nc3cccc(Br)c3)c2c1.[C-]#[N+]CC(=O)Cc1ccc2ncnc(Nc3cccc(Br)c3)c2c1. The van der Waals surface area contributed by atoms with Crippen LogP contribution in [0.15, 0.2) is 171 Å². The molecule has 1 fully saturated rings. The van der Waals surface area contributed by atoms with Gasteiger partial charge in [0.1, 0.15) is 42.5 Å². The van der Waals surface area contributed by atoms with Crippen molar-refractivity contribution in [1.29, 1.82) is 5.26 Å². The molecule has 1 aliphatic carbocycles. The molecule has 0 unspecified atom stereocenters. The lowest BCUT2D eigenvalue weighted by Gasteiger charge is -2.10. The van der Waals surface area contributed by atoms with Crippen LogP contribution in [0.25, 0.3) is 37.6 Å². The molecule has 0 atom stereocenters. The smallest absolute Gasteiger partial charge is 0.272 e. The van der Waals surface area contributed by atoms with Gasteiger partial charge in [0, 0.05) is 65.2 Å². The Hall–Kier alpha value is -7.96. The molecule has 10 rings (SSSR count). The first-order chi connectivity index (χ1) is 34.5. The number of nitrogen functional groups attached to an aromatic ring is 1. The van der Waals surface area contributed by atoms with Crippen molar-refractivity contribution in [2.45, 2.75) is 25.7 Å². The number of aromatic nitrogens is 6. The zero-order valence-electron chi connectivity index (χ0n) is 37.7. The van der Waals surface area contributed by atoms with E-state index in [0.717, 1.165) is 93.0 Å². The second-order valence-corrected chi connectivity index (χ2v) is 19.0. The number of fused-ring (bicyclic) bond motifs is 3. The van der Waals surface area contributed by atoms with Crippen LogP contribution >= 0.6 is 47.8 Å². The zero-order valence-corrected chi connectivity index (χ0v) is 42.4. The van der Waals surface area contributed by atoms with Crippen LogP contribution in [-0.4, -0.2) is 48.0 Å². The van der Waals surface area contributed by atoms with Gasteiger partial charge in [0.2, 0.25) is 5.78 Å². The van der Waals surface area contributed by atoms with E-state index < -0.39 is 0 Å². The normalized spacial score (nSPS) is 11.8. The molecule has 1 saturated carbocycles. The number of hydrogen-bond donors (Lipinski definition) is 4. The second kappa shape index (κ2) is 23.6. The predicted molar refractivity (Wildman–Crippen MR) is 291 cm³/mol. The van der Waals surface area contributed by atoms with Crippen molar-refractivity contribution < 1.29 is 9.59 Å². The largest absolute Gasteiger partial charge is 0.399 e. The van der Waals surface area contributed by atoms with Gasteiger partial charge < -0.3 is 26.5 Å². The second-order valence-electron chi connectivity index (χ2n) is 16.2. The number of halogens is 3. The molecule has 0 saturated heterocycles. The average Bonchev–Trinajstić information content (AvgIpc) is 4.19. The van der Waals surface area contributed by atoms with Crippen molar-refractivity contribution in [3.05, 3.63) is 194 Å². The van der Waals surface area contributed by atoms with Crippen LogP contribution in [-0.2, 0) is 22.4 Å². The Kier molecular flexibility index (Phi) is 16.4. The third kappa shape index (κ3) is 13.9. The van der Waals surface area contributed by atoms with Gasteiger partial charge in [-0.3, -0.25) is 9.59 Å². The van der Waals surface area contributed by atoms with Gasteiger partial charge in [-0.1, -0.05) is 84.2 Å². The first-order valence-corrected chi connectivity index (χ1v) is 24.4. The lowest BCUT2D eigenvalue weighted by Crippen LogP contribution is -2.06. The van der Waals surface area contributed by atoms with E-state index in [1.54, 1.807) is 6.33 Å². The fourth-order valence-electron chi connectivity index (χ4n) is 7.25. The van der Waals surface area contributed by atoms with E-state index in [-0.39, 0.29) is 36.5 Å². The maximum Gasteiger partial charge on any atom is 0.272 e. The van der Waals surface area contributed by atoms with Crippen LogP contribution in [0.5, 0.6) is 0 Å². The molecule has 0 spiro atoms. The predicted octanol–water partition coefficient (Wildman–Crippen LogP) is 13.0. The number of Topliss-reactive ketones (excluding diaryl/α,β-unsaturated/α-hetero) is 2. The van der Waals surface area contributed by atoms with Crippen molar-refractivity contribution in [2.75, 3.05) is 28.2 Å². The molecular weight excluding hydrogens is 1090 g/mol. The number of allylic oxidation sites excluding steroid dienone is 2. The fourth-order valence-corrected chi connectivity index (χ4v) is 8.45. The van der Waals surface area contributed by atoms with Crippen molar-refractivity contribution in [1.82, 2.24) is 29.9 Å². The average molecular weight is 1130 g/mol. The van der Waals surface area contributed by atoms with Crippen LogP contribution in [0, 0.1) is 23.8 Å². The molecule has 9 aromatic rings. The quantitative estimate of drug-likeness (QED) is 0.0368. The first kappa shape index (κ1) is 49.5. The van der Waals surface area contributed by atoms with E-state index in [1.165, 1.54) is 12.7 Å². The third-order valence-electron chi connectivity index (χ3n) is 10.8. The maximum atomic E-state index is 12.5. The summed E-state index contributed by atoms with van der Waals surface area (Å²) in [6.07, 6.45) is 8.93. The van der Waals surface area contributed by atoms with Gasteiger partial charge in [-0.15, -0.1) is 0 Å². The van der Waals surface area contributed by atoms with E-state index in [2.05, 4.69) is 105 Å². The van der Waals surface area contributed by atoms with E-state index in [0.29, 0.717) is 23.2 Å². The number of benzene rings is 6. The monoisotopic (exact) mass is 1130 g/mol. The highest BCUT2D eigenvalue weighted by atomic mass is 79.9. The fraction of sp³-hybridized carbons (Fsp3) is 0.111. The Morgan fingerprint density at radius 1 is 0.620 bits per heavy atom. The minimum absolute atomic E-state index is 0.0908. The van der Waals surface area contributed by atoms with E-state index in [4.69, 9.17) is 12.3 Å². The lowest BCUT2D eigenvalue weighted by atomic mass is 10.0. The minimum Gasteiger partial charge on any atom is -0.399 e. The molecule has 5 N–H and O–H groups in total. The summed E-state index contributed by atoms with van der Waals surface area (Å²) in [7, 11) is 0. The molecule has 3 heterocycles. The van der Waals surface area contributed by atoms with Gasteiger partial charge in [-0.05, 0) is 127 Å². The summed E-state index contributed by atoms with van der Waals surface area (Å²) in [5.41, 5.74) is 13.7. The number of nitrogens with one attached hydrogen (secondary N) is 3. The molecule has 3 aromatic heterocycles. The Morgan fingerprint density at radius 3 is 1.48 bits per heavy atom. The van der Waals surface area contributed by atoms with Gasteiger partial charge >= 0.3 is 0 Å². The van der Waals surface area contributed by atoms with Gasteiger partial charge in [0.15, 0.2) is 5.78 Å². The molecule has 0 aliphatic heterocycles. The van der Waals surface area contributed by atoms with Crippen LogP contribution in [0.3, 0.4) is 0 Å². The van der Waals surface area contributed by atoms with Gasteiger partial charge in [0.25, 0.3) is 6.54 Å². The van der Waals surface area contributed by atoms with Crippen molar-refractivity contribution >= 4 is 132 Å². The van der Waals surface area contributed by atoms with Gasteiger partial charge in [0.05, 0.1) is 22.1 Å². The lowest BCUT2D eigenvalue weighted by molar-refractivity contribution is -0.116. The molecule has 17 heteroatoms. The van der Waals surface area contributed by atoms with Crippen LogP contribution in [0.2, 0.25) is 0 Å². The highest BCUT2D eigenvalue weighted by Crippen LogP contribution is 2.32. The molecule has 0 bridgehead atoms. The number of anilines is 7. The Bertz CT molecular complexity index is 3550. The van der Waals surface area contributed by atoms with E-state index in [9.17, 15) is 14.9 Å². The number of nitrogens with two attached hydrogens (primary N) is 1. The summed E-state index contributed by atoms with van der Waals surface area (Å²) in [5.74, 6) is 2.25. The molecular formula is C54H41Br3N12O2. The van der Waals surface area contributed by atoms with Crippen molar-refractivity contribution in [3.63, 3.8) is 0 Å². The van der Waals surface area contributed by atoms with Crippen LogP contribution in [0.4, 0.5) is 40.2 Å². The molecule has 1 aliphatic rings. The molecule has 6 aromatic carbocycles. The van der Waals surface area contributed by atoms with Crippen molar-refractivity contribution in [3.8, 4) is 6.07 Å². The molecule has 71 heavy (non-hydrogen) atoms. The summed E-state index contributed by atoms with van der Waals surface area (Å²) >= 11 is 10.4. The summed E-state index contributed by atoms with van der Waals surface area (Å²) in [4.78, 5) is 53.1. The van der Waals surface area contributed by atoms with Gasteiger partial charge in [-0.25, -0.2) is 36.5 Å². The highest BCUT2D eigenvalue weighted by molar-refractivity contribution is 9.11. The Balaban J connectivity index is 0.000000145. The Labute approximate surface area is 434 Å². The summed E-state index contributed by atoms with van der Waals surface area (Å²) in [6.45, 7) is 6.69. The topological polar surface area (TPSA) is 202 Å². The maximum absolute atomic E-state index is 12.5. The number of nitrogens with zero attached hydrogens (tertiary/aromatic N) is 8. The molecule has 350 valence electrons. The number of carbonyl (C=O) groups excluding carboxylic acids is 2. The molecule has 0 amide bonds. The number of rotatable bonds is 13. The number of nitriles is 1. The van der Waals surface area contributed by atoms with Gasteiger partial charge in [-0.2, -0.15) is 5.26 Å². The number of carbonyl (C=O) groups is 2. The summed E-state index contributed by atoms with van der Waals surface area (Å²) in [6, 6.07) is 42.4. The third-order valence-corrected chi connectivity index (χ3v) is 12.3. The zero-order chi connectivity index (χ0) is 49.7. The molecule has 14 nitrogen and oxygen atoms in total. The Morgan fingerprint density at radius 2 is 1.06 bits per heavy atom. The van der Waals surface area contributed by atoms with Crippen LogP contribution < -0.4 is 21.7 Å². The van der Waals surface area contributed by atoms with E-state index >= 15 is 0 Å². The standard InChI is InChI=1S/C22H17BrN4O.C18H13BrN4O.C14H11BrN4/c23-17-2-1-3-18(11-17)27-22-19-9-15(6-7-20(19)25-13-26-22)10-21(28)16(12-24)8-14-4-5-14;1-20-10-15(24)7-12-5-6-17-16(8-12)18(22-11-21-17)23-14-4-2-3-13(19)9-14;15-9-2-1-3-11(6-9)19-14-12-7-10(16)4-5-13(12)17-8-18-14/h1-3,6-9,11,13-14H,4-5,10H2,(H,25,26,27);2-6,8-9,11H,7,10H2,(H,21,22,23);1-8H,16H2,(H,17,18,19)/b16-8+;;. The summed E-state index contributed by atoms with van der Waals surface area (Å²) < 4.78 is 2.94. The van der Waals surface area contributed by atoms with E-state index in [1.807, 2.05) is 133 Å². The minimum atomic E-state index is -0.146. The number of hydrogen-bond acceptors (Lipinski definition) is 13. The van der Waals surface area contributed by atoms with Crippen LogP contribution in [0.1, 0.15) is 24.0 Å². The number of ketones is 2. The first-order valence-electron chi connectivity index (χ1n) is 22.1. The molecule has 0 radical (unpaired) electrons. The highest BCUT2D eigenvalue weighted by Gasteiger charge is 2.22. The van der Waals surface area contributed by atoms with Crippen molar-refractivity contribution in [2.24, 2.45) is 5.92 Å².